The second-order valence-corrected chi connectivity index (χ2v) is 3.25. The third-order valence-corrected chi connectivity index (χ3v) is 2.24. The highest BCUT2D eigenvalue weighted by Crippen LogP contribution is 2.18. The fraction of sp³-hybridized carbons (Fsp3) is 0. The molecule has 2 aromatic carbocycles. The molecule has 0 bridgehead atoms. The Morgan fingerprint density at radius 1 is 0.812 bits per heavy atom. The Balaban J connectivity index is 0.00000128. The summed E-state index contributed by atoms with van der Waals surface area (Å²) in [4.78, 5) is 10.6. The number of carboxylic acids is 1. The van der Waals surface area contributed by atoms with Crippen molar-refractivity contribution in [2.75, 3.05) is 0 Å². The van der Waals surface area contributed by atoms with Crippen molar-refractivity contribution in [2.45, 2.75) is 0 Å². The van der Waals surface area contributed by atoms with Gasteiger partial charge in [0.1, 0.15) is 0 Å². The molecule has 1 unspecified atom stereocenters. The maximum absolute atomic E-state index is 10.6. The first-order chi connectivity index (χ1) is 7.27. The Kier molecular flexibility index (Phi) is 4.21. The Morgan fingerprint density at radius 3 is 1.81 bits per heavy atom. The van der Waals surface area contributed by atoms with Gasteiger partial charge in [0.2, 0.25) is 0 Å². The monoisotopic (exact) mass is 232 g/mol. The lowest BCUT2D eigenvalue weighted by Gasteiger charge is -2.01. The molecule has 2 nitrogen and oxygen atoms in total. The number of carbonyl (C=O) groups is 1. The number of hydrogen-bond acceptors (Lipinski definition) is 1. The first kappa shape index (κ1) is 12.4. The van der Waals surface area contributed by atoms with Crippen LogP contribution < -0.4 is 0 Å². The third kappa shape index (κ3) is 2.68. The summed E-state index contributed by atoms with van der Waals surface area (Å²) < 4.78 is 0. The lowest BCUT2D eigenvalue weighted by molar-refractivity contribution is 0.0697. The molecule has 1 N–H and O–H groups in total. The van der Waals surface area contributed by atoms with Crippen molar-refractivity contribution in [1.82, 2.24) is 0 Å². The average molecular weight is 232 g/mol. The zero-order chi connectivity index (χ0) is 10.7. The van der Waals surface area contributed by atoms with Crippen molar-refractivity contribution in [3.8, 4) is 11.1 Å². The number of aromatic carboxylic acids is 1. The van der Waals surface area contributed by atoms with Gasteiger partial charge in [-0.25, -0.2) is 4.79 Å². The summed E-state index contributed by atoms with van der Waals surface area (Å²) >= 11 is 0. The molecule has 1 atom stereocenters. The fourth-order valence-electron chi connectivity index (χ4n) is 1.44. The van der Waals surface area contributed by atoms with E-state index in [1.54, 1.807) is 12.1 Å². The zero-order valence-electron chi connectivity index (χ0n) is 8.76. The molecule has 3 heteroatoms. The second-order valence-electron chi connectivity index (χ2n) is 3.25. The van der Waals surface area contributed by atoms with Crippen molar-refractivity contribution in [2.24, 2.45) is 0 Å². The molecule has 0 aromatic heterocycles. The summed E-state index contributed by atoms with van der Waals surface area (Å²) in [7, 11) is 0. The van der Waals surface area contributed by atoms with Gasteiger partial charge in [0.15, 0.2) is 0 Å². The van der Waals surface area contributed by atoms with Crippen LogP contribution in [-0.4, -0.2) is 11.1 Å². The fourth-order valence-corrected chi connectivity index (χ4v) is 1.44. The van der Waals surface area contributed by atoms with Crippen molar-refractivity contribution >= 4 is 15.9 Å². The van der Waals surface area contributed by atoms with Crippen LogP contribution in [0.1, 0.15) is 10.4 Å². The zero-order valence-corrected chi connectivity index (χ0v) is 10.2. The lowest BCUT2D eigenvalue weighted by atomic mass is 10.0. The van der Waals surface area contributed by atoms with Gasteiger partial charge in [-0.1, -0.05) is 42.5 Å². The molecule has 0 saturated heterocycles. The highest BCUT2D eigenvalue weighted by molar-refractivity contribution is 6.92. The summed E-state index contributed by atoms with van der Waals surface area (Å²) in [5.74, 6) is -0.894. The van der Waals surface area contributed by atoms with Gasteiger partial charge in [0, 0.05) is 0 Å². The average Bonchev–Trinajstić information content (AvgIpc) is 2.30. The molecule has 0 heterocycles. The van der Waals surface area contributed by atoms with Gasteiger partial charge in [0.25, 0.3) is 0 Å². The Labute approximate surface area is 97.6 Å². The maximum atomic E-state index is 10.6. The second kappa shape index (κ2) is 5.43. The highest BCUT2D eigenvalue weighted by atomic mass is 31.0. The number of rotatable bonds is 2. The van der Waals surface area contributed by atoms with E-state index in [2.05, 4.69) is 0 Å². The van der Waals surface area contributed by atoms with Crippen molar-refractivity contribution in [1.29, 1.82) is 0 Å². The summed E-state index contributed by atoms with van der Waals surface area (Å²) in [6.07, 6.45) is 0. The SMILES string of the molecule is O=C(O)c1ccc(-c2ccccc2)cc1.P. The van der Waals surface area contributed by atoms with Gasteiger partial charge in [-0.05, 0) is 23.3 Å². The standard InChI is InChI=1S/C13H10O2.H3P/c14-13(15)12-8-6-11(7-9-12)10-4-2-1-3-5-10;/h1-9H,(H,14,15);1H3. The lowest BCUT2D eigenvalue weighted by Crippen LogP contribution is -1.94. The molecule has 0 aliphatic carbocycles. The minimum atomic E-state index is -0.894. The molecule has 16 heavy (non-hydrogen) atoms. The normalized spacial score (nSPS) is 9.25. The molecule has 2 rings (SSSR count). The van der Waals surface area contributed by atoms with Gasteiger partial charge in [-0.3, -0.25) is 0 Å². The van der Waals surface area contributed by atoms with E-state index in [9.17, 15) is 4.79 Å². The smallest absolute Gasteiger partial charge is 0.335 e. The molecule has 0 fully saturated rings. The minimum absolute atomic E-state index is 0. The summed E-state index contributed by atoms with van der Waals surface area (Å²) in [5, 5.41) is 8.75. The molecule has 0 saturated carbocycles. The van der Waals surface area contributed by atoms with Gasteiger partial charge in [0.05, 0.1) is 5.56 Å². The van der Waals surface area contributed by atoms with Gasteiger partial charge < -0.3 is 5.11 Å². The largest absolute Gasteiger partial charge is 0.478 e. The van der Waals surface area contributed by atoms with Crippen LogP contribution in [0, 0.1) is 0 Å². The molecule has 82 valence electrons. The summed E-state index contributed by atoms with van der Waals surface area (Å²) in [6.45, 7) is 0. The van der Waals surface area contributed by atoms with E-state index in [0.29, 0.717) is 5.56 Å². The summed E-state index contributed by atoms with van der Waals surface area (Å²) in [6, 6.07) is 16.7. The van der Waals surface area contributed by atoms with E-state index in [1.165, 1.54) is 0 Å². The Hall–Kier alpha value is -1.66. The number of benzene rings is 2. The van der Waals surface area contributed by atoms with Gasteiger partial charge in [-0.2, -0.15) is 9.90 Å². The quantitative estimate of drug-likeness (QED) is 0.808. The van der Waals surface area contributed by atoms with Crippen molar-refractivity contribution in [3.63, 3.8) is 0 Å². The topological polar surface area (TPSA) is 37.3 Å². The molecular formula is C13H13O2P. The van der Waals surface area contributed by atoms with Crippen LogP contribution in [0.5, 0.6) is 0 Å². The van der Waals surface area contributed by atoms with Crippen molar-refractivity contribution < 1.29 is 9.90 Å². The molecule has 0 spiro atoms. The Morgan fingerprint density at radius 2 is 1.31 bits per heavy atom. The van der Waals surface area contributed by atoms with E-state index in [0.717, 1.165) is 11.1 Å². The highest BCUT2D eigenvalue weighted by Gasteiger charge is 2.02. The maximum Gasteiger partial charge on any atom is 0.335 e. The van der Waals surface area contributed by atoms with Crippen LogP contribution >= 0.6 is 9.90 Å². The molecule has 0 radical (unpaired) electrons. The van der Waals surface area contributed by atoms with Crippen LogP contribution in [0.3, 0.4) is 0 Å². The van der Waals surface area contributed by atoms with Gasteiger partial charge >= 0.3 is 5.97 Å². The first-order valence-corrected chi connectivity index (χ1v) is 4.66. The molecule has 2 aromatic rings. The molecule has 0 amide bonds. The van der Waals surface area contributed by atoms with Crippen LogP contribution in [0.25, 0.3) is 11.1 Å². The van der Waals surface area contributed by atoms with Crippen LogP contribution in [0.15, 0.2) is 54.6 Å². The predicted octanol–water partition coefficient (Wildman–Crippen LogP) is 3.11. The van der Waals surface area contributed by atoms with E-state index in [1.807, 2.05) is 42.5 Å². The number of carboxylic acid groups (broad SMARTS) is 1. The molecular weight excluding hydrogens is 219 g/mol. The van der Waals surface area contributed by atoms with Gasteiger partial charge in [-0.15, -0.1) is 0 Å². The predicted molar refractivity (Wildman–Crippen MR) is 69.9 cm³/mol. The van der Waals surface area contributed by atoms with Crippen LogP contribution in [0.2, 0.25) is 0 Å². The summed E-state index contributed by atoms with van der Waals surface area (Å²) in [5.41, 5.74) is 2.43. The van der Waals surface area contributed by atoms with E-state index in [-0.39, 0.29) is 9.90 Å². The molecule has 0 aliphatic rings. The minimum Gasteiger partial charge on any atom is -0.478 e. The van der Waals surface area contributed by atoms with Crippen LogP contribution in [-0.2, 0) is 0 Å². The van der Waals surface area contributed by atoms with E-state index >= 15 is 0 Å². The third-order valence-electron chi connectivity index (χ3n) is 2.24. The molecule has 0 aliphatic heterocycles. The Bertz CT molecular complexity index is 463. The number of hydrogen-bond donors (Lipinski definition) is 1. The van der Waals surface area contributed by atoms with Crippen molar-refractivity contribution in [3.05, 3.63) is 60.2 Å². The first-order valence-electron chi connectivity index (χ1n) is 4.66. The van der Waals surface area contributed by atoms with E-state index in [4.69, 9.17) is 5.11 Å². The van der Waals surface area contributed by atoms with E-state index < -0.39 is 5.97 Å². The van der Waals surface area contributed by atoms with Crippen LogP contribution in [0.4, 0.5) is 0 Å².